The molecule has 4 aromatic rings. The highest BCUT2D eigenvalue weighted by Gasteiger charge is 2.44. The summed E-state index contributed by atoms with van der Waals surface area (Å²) in [4.78, 5) is 16.2. The zero-order valence-corrected chi connectivity index (χ0v) is 36.3. The summed E-state index contributed by atoms with van der Waals surface area (Å²) in [7, 11) is 0. The number of fused-ring (bicyclic) bond motifs is 5. The largest absolute Gasteiger partial charge is 0.481 e. The zero-order valence-electron chi connectivity index (χ0n) is 36.3. The summed E-state index contributed by atoms with van der Waals surface area (Å²) in [6, 6.07) is 29.7. The van der Waals surface area contributed by atoms with Crippen molar-refractivity contribution in [1.82, 2.24) is 0 Å². The molecule has 3 aliphatic rings. The monoisotopic (exact) mass is 792 g/mol. The van der Waals surface area contributed by atoms with Crippen molar-refractivity contribution in [3.05, 3.63) is 148 Å². The van der Waals surface area contributed by atoms with Crippen molar-refractivity contribution >= 4 is 23.0 Å². The van der Waals surface area contributed by atoms with E-state index in [4.69, 9.17) is 0 Å². The Morgan fingerprint density at radius 1 is 0.780 bits per heavy atom. The predicted octanol–water partition coefficient (Wildman–Crippen LogP) is 11.7. The second kappa shape index (κ2) is 17.6. The number of unbranched alkanes of at least 4 members (excludes halogenated alkanes) is 2. The van der Waals surface area contributed by atoms with Crippen molar-refractivity contribution in [3.63, 3.8) is 0 Å². The minimum Gasteiger partial charge on any atom is -0.481 e. The van der Waals surface area contributed by atoms with Crippen LogP contribution in [0.15, 0.2) is 115 Å². The maximum Gasteiger partial charge on any atom is 0.303 e. The Morgan fingerprint density at radius 3 is 2.31 bits per heavy atom. The predicted molar refractivity (Wildman–Crippen MR) is 247 cm³/mol. The van der Waals surface area contributed by atoms with Crippen molar-refractivity contribution in [1.29, 1.82) is 0 Å². The number of nitrogens with zero attached hydrogens (tertiary/aromatic N) is 2. The smallest absolute Gasteiger partial charge is 0.303 e. The summed E-state index contributed by atoms with van der Waals surface area (Å²) in [5, 5.41) is 22.6. The van der Waals surface area contributed by atoms with Crippen LogP contribution >= 0.6 is 0 Å². The third kappa shape index (κ3) is 8.01. The molecule has 59 heavy (non-hydrogen) atoms. The van der Waals surface area contributed by atoms with Crippen LogP contribution in [0.3, 0.4) is 0 Å². The third-order valence-corrected chi connectivity index (χ3v) is 13.6. The van der Waals surface area contributed by atoms with Crippen LogP contribution in [0.4, 0.5) is 17.1 Å². The summed E-state index contributed by atoms with van der Waals surface area (Å²) in [5.41, 5.74) is 15.5. The van der Waals surface area contributed by atoms with Gasteiger partial charge in [0.25, 0.3) is 0 Å². The number of aliphatic hydroxyl groups excluding tert-OH is 1. The lowest BCUT2D eigenvalue weighted by molar-refractivity contribution is -0.137. The number of hydrogen-bond acceptors (Lipinski definition) is 5. The van der Waals surface area contributed by atoms with Gasteiger partial charge in [0.15, 0.2) is 0 Å². The van der Waals surface area contributed by atoms with Crippen LogP contribution in [0, 0.1) is 0 Å². The second-order valence-electron chi connectivity index (χ2n) is 17.8. The van der Waals surface area contributed by atoms with Gasteiger partial charge in [-0.15, -0.1) is 0 Å². The quantitative estimate of drug-likeness (QED) is 0.0688. The number of rotatable bonds is 18. The van der Waals surface area contributed by atoms with Gasteiger partial charge in [0, 0.05) is 78.2 Å². The van der Waals surface area contributed by atoms with Gasteiger partial charge in [0.1, 0.15) is 0 Å². The van der Waals surface area contributed by atoms with Crippen molar-refractivity contribution in [2.24, 2.45) is 0 Å². The molecule has 6 heteroatoms. The number of aliphatic carboxylic acids is 1. The molecule has 0 radical (unpaired) electrons. The molecule has 1 atom stereocenters. The van der Waals surface area contributed by atoms with E-state index in [2.05, 4.69) is 166 Å². The number of aliphatic hydroxyl groups is 1. The summed E-state index contributed by atoms with van der Waals surface area (Å²) in [6.07, 6.45) is 17.7. The maximum absolute atomic E-state index is 11.3. The molecule has 0 spiro atoms. The second-order valence-corrected chi connectivity index (χ2v) is 17.8. The van der Waals surface area contributed by atoms with Crippen molar-refractivity contribution in [2.45, 2.75) is 109 Å². The molecule has 1 unspecified atom stereocenters. The van der Waals surface area contributed by atoms with E-state index in [-0.39, 0.29) is 29.3 Å². The molecule has 0 bridgehead atoms. The van der Waals surface area contributed by atoms with Crippen LogP contribution < -0.4 is 15.1 Å². The average molecular weight is 792 g/mol. The van der Waals surface area contributed by atoms with E-state index >= 15 is 0 Å². The fourth-order valence-corrected chi connectivity index (χ4v) is 10.3. The van der Waals surface area contributed by atoms with E-state index in [1.165, 1.54) is 61.6 Å². The van der Waals surface area contributed by atoms with Crippen molar-refractivity contribution < 1.29 is 15.0 Å². The molecule has 0 fully saturated rings. The van der Waals surface area contributed by atoms with Gasteiger partial charge in [0.2, 0.25) is 0 Å². The first-order valence-electron chi connectivity index (χ1n) is 22.1. The van der Waals surface area contributed by atoms with E-state index in [0.717, 1.165) is 64.0 Å². The van der Waals surface area contributed by atoms with E-state index in [1.54, 1.807) is 0 Å². The number of carboxylic acid groups (broad SMARTS) is 1. The van der Waals surface area contributed by atoms with Crippen LogP contribution in [0.25, 0.3) is 11.1 Å². The lowest BCUT2D eigenvalue weighted by atomic mass is 9.72. The Bertz CT molecular complexity index is 2240. The van der Waals surface area contributed by atoms with Crippen LogP contribution in [0.5, 0.6) is 0 Å². The van der Waals surface area contributed by atoms with E-state index in [0.29, 0.717) is 12.8 Å². The molecule has 2 aliphatic carbocycles. The minimum absolute atomic E-state index is 0.0734. The first kappa shape index (κ1) is 42.1. The minimum atomic E-state index is -0.723. The first-order valence-corrected chi connectivity index (χ1v) is 22.1. The van der Waals surface area contributed by atoms with E-state index in [1.807, 2.05) is 0 Å². The number of benzene rings is 4. The Kier molecular flexibility index (Phi) is 12.6. The number of aryl methyl sites for hydroxylation is 1. The van der Waals surface area contributed by atoms with Crippen LogP contribution in [0.1, 0.15) is 120 Å². The Balaban J connectivity index is 1.21. The maximum atomic E-state index is 11.3. The Morgan fingerprint density at radius 2 is 1.54 bits per heavy atom. The number of nitrogens with one attached hydrogen (secondary N) is 1. The molecule has 0 amide bonds. The lowest BCUT2D eigenvalue weighted by Crippen LogP contribution is -2.28. The topological polar surface area (TPSA) is 76.0 Å². The summed E-state index contributed by atoms with van der Waals surface area (Å²) >= 11 is 0. The molecule has 7 rings (SSSR count). The summed E-state index contributed by atoms with van der Waals surface area (Å²) in [6.45, 7) is 17.5. The molecule has 0 saturated carbocycles. The van der Waals surface area contributed by atoms with Gasteiger partial charge in [-0.05, 0) is 127 Å². The fraction of sp³-hybridized carbons (Fsp3) is 0.415. The van der Waals surface area contributed by atoms with E-state index in [9.17, 15) is 15.0 Å². The highest BCUT2D eigenvalue weighted by molar-refractivity contribution is 5.87. The molecule has 6 nitrogen and oxygen atoms in total. The average Bonchev–Trinajstić information content (AvgIpc) is 3.79. The molecular weight excluding hydrogens is 727 g/mol. The molecule has 1 heterocycles. The molecule has 3 N–H and O–H groups in total. The molecule has 1 aliphatic heterocycles. The SMILES string of the molecule is CCN(CC)c1ccc(NCCCO)c(C2(C/C=C/C=C/C=C3/N(CCCCCC(=O)O)c4cc5c(cc4C3(C)C)C(C)(C)c3ccccc3-5)CCc3ccccc32)c1. The van der Waals surface area contributed by atoms with Gasteiger partial charge in [-0.25, -0.2) is 0 Å². The standard InChI is InChI=1S/C53H65N3O3/c1-7-55(8-2)39-27-28-47(54-32-20-34-57)45(35-39)53(31-29-38-21-14-16-23-42(38)53)30-18-10-9-12-25-49-52(5,6)46-37-44-41(40-22-15-17-24-43(40)51(44,3)4)36-48(46)56(49)33-19-11-13-26-50(58)59/h9-10,12,14-18,21-25,27-28,35-37,54,57H,7-8,11,13,19-20,26,29-34H2,1-6H3,(H,58,59)/b12-9+,18-10+,49-25+. The highest BCUT2D eigenvalue weighted by Crippen LogP contribution is 2.56. The van der Waals surface area contributed by atoms with Crippen molar-refractivity contribution in [3.8, 4) is 11.1 Å². The van der Waals surface area contributed by atoms with Gasteiger partial charge in [-0.2, -0.15) is 0 Å². The summed E-state index contributed by atoms with van der Waals surface area (Å²) in [5.74, 6) is -0.723. The number of anilines is 3. The number of carbonyl (C=O) groups is 1. The zero-order chi connectivity index (χ0) is 41.8. The lowest BCUT2D eigenvalue weighted by Gasteiger charge is -2.34. The van der Waals surface area contributed by atoms with Crippen LogP contribution in [-0.4, -0.2) is 49.0 Å². The van der Waals surface area contributed by atoms with Gasteiger partial charge in [-0.1, -0.05) is 113 Å². The van der Waals surface area contributed by atoms with E-state index < -0.39 is 5.97 Å². The number of carboxylic acids is 1. The fourth-order valence-electron chi connectivity index (χ4n) is 10.3. The first-order chi connectivity index (χ1) is 28.5. The molecule has 0 aromatic heterocycles. The van der Waals surface area contributed by atoms with Gasteiger partial charge < -0.3 is 25.3 Å². The molecule has 4 aromatic carbocycles. The van der Waals surface area contributed by atoms with Crippen LogP contribution in [0.2, 0.25) is 0 Å². The van der Waals surface area contributed by atoms with Gasteiger partial charge in [-0.3, -0.25) is 4.79 Å². The number of hydrogen-bond donors (Lipinski definition) is 3. The Labute approximate surface area is 353 Å². The molecule has 310 valence electrons. The highest BCUT2D eigenvalue weighted by atomic mass is 16.4. The number of allylic oxidation sites excluding steroid dienone is 6. The van der Waals surface area contributed by atoms with Crippen LogP contribution in [-0.2, 0) is 27.5 Å². The van der Waals surface area contributed by atoms with Gasteiger partial charge >= 0.3 is 5.97 Å². The summed E-state index contributed by atoms with van der Waals surface area (Å²) < 4.78 is 0. The normalized spacial score (nSPS) is 19.0. The molecular formula is C53H65N3O3. The molecule has 0 saturated heterocycles. The van der Waals surface area contributed by atoms with Crippen molar-refractivity contribution in [2.75, 3.05) is 47.9 Å². The Hall–Kier alpha value is -5.07. The van der Waals surface area contributed by atoms with Gasteiger partial charge in [0.05, 0.1) is 0 Å². The third-order valence-electron chi connectivity index (χ3n) is 13.6.